The van der Waals surface area contributed by atoms with E-state index < -0.39 is 31.3 Å². The third-order valence-electron chi connectivity index (χ3n) is 2.77. The van der Waals surface area contributed by atoms with Crippen LogP contribution in [-0.4, -0.2) is 19.9 Å². The fraction of sp³-hybridized carbons (Fsp3) is 0.500. The third kappa shape index (κ3) is 4.94. The zero-order chi connectivity index (χ0) is 16.0. The van der Waals surface area contributed by atoms with Crippen LogP contribution >= 0.6 is 0 Å². The molecule has 0 aromatic heterocycles. The summed E-state index contributed by atoms with van der Waals surface area (Å²) in [7, 11) is -4.37. The molecule has 0 aliphatic carbocycles. The number of hydrogen-bond donors (Lipinski definition) is 1. The molecule has 1 aromatic rings. The Hall–Kier alpha value is -1.74. The Morgan fingerprint density at radius 3 is 2.52 bits per heavy atom. The molecule has 0 aliphatic heterocycles. The molecule has 0 atom stereocenters. The first kappa shape index (κ1) is 17.3. The highest BCUT2D eigenvalue weighted by Crippen LogP contribution is 2.31. The Kier molecular flexibility index (Phi) is 6.03. The van der Waals surface area contributed by atoms with Gasteiger partial charge in [0, 0.05) is 12.1 Å². The Morgan fingerprint density at radius 2 is 2.00 bits per heavy atom. The number of halogens is 1. The third-order valence-corrected chi connectivity index (χ3v) is 3.70. The van der Waals surface area contributed by atoms with E-state index in [1.807, 2.05) is 6.92 Å². The van der Waals surface area contributed by atoms with Crippen molar-refractivity contribution in [3.8, 4) is 5.75 Å². The molecular formula is C12H17FN2O5S. The number of benzene rings is 1. The Balaban J connectivity index is 2.99. The average Bonchev–Trinajstić information content (AvgIpc) is 2.36. The molecule has 0 radical (unpaired) electrons. The number of hydrogen-bond acceptors (Lipinski definition) is 5. The van der Waals surface area contributed by atoms with Gasteiger partial charge < -0.3 is 4.74 Å². The fourth-order valence-corrected chi connectivity index (χ4v) is 2.32. The number of nitrogens with zero attached hydrogens (tertiary/aromatic N) is 1. The second kappa shape index (κ2) is 7.32. The summed E-state index contributed by atoms with van der Waals surface area (Å²) >= 11 is 0. The predicted octanol–water partition coefficient (Wildman–Crippen LogP) is 2.34. The number of ether oxygens (including phenoxy) is 1. The molecule has 0 saturated heterocycles. The van der Waals surface area contributed by atoms with Crippen LogP contribution in [-0.2, 0) is 10.0 Å². The maximum absolute atomic E-state index is 13.7. The molecule has 1 rings (SSSR count). The lowest BCUT2D eigenvalue weighted by atomic mass is 10.2. The summed E-state index contributed by atoms with van der Waals surface area (Å²) in [6.07, 6.45) is 3.59. The van der Waals surface area contributed by atoms with E-state index in [-0.39, 0.29) is 12.4 Å². The number of unbranched alkanes of at least 4 members (excludes halogenated alkanes) is 3. The molecule has 21 heavy (non-hydrogen) atoms. The summed E-state index contributed by atoms with van der Waals surface area (Å²) in [6.45, 7) is 2.22. The predicted molar refractivity (Wildman–Crippen MR) is 74.1 cm³/mol. The first-order valence-electron chi connectivity index (χ1n) is 6.41. The van der Waals surface area contributed by atoms with Gasteiger partial charge in [0.15, 0.2) is 5.75 Å². The van der Waals surface area contributed by atoms with Gasteiger partial charge in [0.2, 0.25) is 10.0 Å². The van der Waals surface area contributed by atoms with Crippen molar-refractivity contribution in [1.29, 1.82) is 0 Å². The smallest absolute Gasteiger partial charge is 0.312 e. The van der Waals surface area contributed by atoms with E-state index in [2.05, 4.69) is 0 Å². The van der Waals surface area contributed by atoms with Crippen LogP contribution in [0.5, 0.6) is 5.75 Å². The van der Waals surface area contributed by atoms with Crippen molar-refractivity contribution in [3.05, 3.63) is 28.1 Å². The van der Waals surface area contributed by atoms with E-state index in [0.29, 0.717) is 18.6 Å². The summed E-state index contributed by atoms with van der Waals surface area (Å²) in [4.78, 5) is 9.15. The van der Waals surface area contributed by atoms with E-state index in [4.69, 9.17) is 9.88 Å². The van der Waals surface area contributed by atoms with Crippen molar-refractivity contribution >= 4 is 15.7 Å². The molecule has 0 aliphatic rings. The van der Waals surface area contributed by atoms with Crippen LogP contribution in [0.4, 0.5) is 10.1 Å². The largest absolute Gasteiger partial charge is 0.487 e. The summed E-state index contributed by atoms with van der Waals surface area (Å²) in [5.74, 6) is -1.48. The number of nitrogens with two attached hydrogens (primary N) is 1. The highest BCUT2D eigenvalue weighted by atomic mass is 32.2. The van der Waals surface area contributed by atoms with E-state index in [9.17, 15) is 22.9 Å². The summed E-state index contributed by atoms with van der Waals surface area (Å²) in [5.41, 5.74) is -0.629. The number of nitro groups is 1. The maximum Gasteiger partial charge on any atom is 0.312 e. The van der Waals surface area contributed by atoms with Gasteiger partial charge in [-0.1, -0.05) is 26.2 Å². The Morgan fingerprint density at radius 1 is 1.33 bits per heavy atom. The molecule has 118 valence electrons. The lowest BCUT2D eigenvalue weighted by molar-refractivity contribution is -0.386. The molecule has 1 aromatic carbocycles. The Labute approximate surface area is 122 Å². The molecule has 7 nitrogen and oxygen atoms in total. The zero-order valence-electron chi connectivity index (χ0n) is 11.5. The summed E-state index contributed by atoms with van der Waals surface area (Å²) < 4.78 is 41.1. The molecule has 9 heteroatoms. The second-order valence-corrected chi connectivity index (χ2v) is 5.99. The molecule has 2 N–H and O–H groups in total. The highest BCUT2D eigenvalue weighted by Gasteiger charge is 2.24. The zero-order valence-corrected chi connectivity index (χ0v) is 12.4. The van der Waals surface area contributed by atoms with Crippen molar-refractivity contribution in [2.24, 2.45) is 5.14 Å². The van der Waals surface area contributed by atoms with Gasteiger partial charge in [0.1, 0.15) is 10.7 Å². The first-order valence-corrected chi connectivity index (χ1v) is 7.95. The van der Waals surface area contributed by atoms with Crippen molar-refractivity contribution in [1.82, 2.24) is 0 Å². The second-order valence-electron chi connectivity index (χ2n) is 4.46. The van der Waals surface area contributed by atoms with E-state index in [1.54, 1.807) is 0 Å². The van der Waals surface area contributed by atoms with Gasteiger partial charge in [0.05, 0.1) is 11.5 Å². The minimum absolute atomic E-state index is 0.189. The normalized spacial score (nSPS) is 11.4. The first-order chi connectivity index (χ1) is 9.77. The lowest BCUT2D eigenvalue weighted by Crippen LogP contribution is -2.15. The number of rotatable bonds is 8. The minimum Gasteiger partial charge on any atom is -0.487 e. The molecule has 0 spiro atoms. The lowest BCUT2D eigenvalue weighted by Gasteiger charge is -2.08. The molecule has 0 heterocycles. The maximum atomic E-state index is 13.7. The van der Waals surface area contributed by atoms with E-state index in [0.717, 1.165) is 19.3 Å². The van der Waals surface area contributed by atoms with Crippen LogP contribution in [0, 0.1) is 15.9 Å². The van der Waals surface area contributed by atoms with Crippen molar-refractivity contribution in [3.63, 3.8) is 0 Å². The van der Waals surface area contributed by atoms with Crippen molar-refractivity contribution in [2.45, 2.75) is 37.5 Å². The van der Waals surface area contributed by atoms with E-state index >= 15 is 0 Å². The van der Waals surface area contributed by atoms with Gasteiger partial charge in [-0.25, -0.2) is 17.9 Å². The van der Waals surface area contributed by atoms with Crippen molar-refractivity contribution < 1.29 is 22.5 Å². The fourth-order valence-electron chi connectivity index (χ4n) is 1.71. The van der Waals surface area contributed by atoms with Crippen LogP contribution in [0.3, 0.4) is 0 Å². The molecular weight excluding hydrogens is 303 g/mol. The molecule has 0 unspecified atom stereocenters. The quantitative estimate of drug-likeness (QED) is 0.449. The highest BCUT2D eigenvalue weighted by molar-refractivity contribution is 7.89. The topological polar surface area (TPSA) is 113 Å². The summed E-state index contributed by atoms with van der Waals surface area (Å²) in [5, 5.41) is 15.7. The number of primary sulfonamides is 1. The van der Waals surface area contributed by atoms with E-state index in [1.165, 1.54) is 0 Å². The van der Waals surface area contributed by atoms with Gasteiger partial charge >= 0.3 is 5.69 Å². The standard InChI is InChI=1S/C12H17FN2O5S/c1-2-3-4-5-6-20-11-7-9(13)12(21(14,18)19)8-10(11)15(16)17/h7-8H,2-6H2,1H3,(H2,14,18,19). The van der Waals surface area contributed by atoms with Crippen LogP contribution in [0.1, 0.15) is 32.6 Å². The SMILES string of the molecule is CCCCCCOc1cc(F)c(S(N)(=O)=O)cc1[N+](=O)[O-]. The number of nitro benzene ring substituents is 1. The molecule has 0 fully saturated rings. The van der Waals surface area contributed by atoms with Crippen LogP contribution in [0.15, 0.2) is 17.0 Å². The van der Waals surface area contributed by atoms with Gasteiger partial charge in [-0.2, -0.15) is 0 Å². The monoisotopic (exact) mass is 320 g/mol. The Bertz CT molecular complexity index is 618. The van der Waals surface area contributed by atoms with Crippen LogP contribution in [0.2, 0.25) is 0 Å². The minimum atomic E-state index is -4.37. The molecule has 0 saturated carbocycles. The molecule has 0 bridgehead atoms. The van der Waals surface area contributed by atoms with Gasteiger partial charge in [-0.3, -0.25) is 10.1 Å². The molecule has 0 amide bonds. The van der Waals surface area contributed by atoms with Crippen LogP contribution < -0.4 is 9.88 Å². The number of sulfonamides is 1. The average molecular weight is 320 g/mol. The van der Waals surface area contributed by atoms with Crippen molar-refractivity contribution in [2.75, 3.05) is 6.61 Å². The van der Waals surface area contributed by atoms with Gasteiger partial charge in [-0.05, 0) is 6.42 Å². The van der Waals surface area contributed by atoms with Crippen LogP contribution in [0.25, 0.3) is 0 Å². The van der Waals surface area contributed by atoms with Gasteiger partial charge in [0.25, 0.3) is 0 Å². The summed E-state index contributed by atoms with van der Waals surface area (Å²) in [6, 6.07) is 1.25. The van der Waals surface area contributed by atoms with Gasteiger partial charge in [-0.15, -0.1) is 0 Å².